The van der Waals surface area contributed by atoms with Gasteiger partial charge in [0, 0.05) is 45.4 Å². The highest BCUT2D eigenvalue weighted by molar-refractivity contribution is 5.95. The minimum Gasteiger partial charge on any atom is -0.395 e. The van der Waals surface area contributed by atoms with E-state index in [1.807, 2.05) is 6.92 Å². The van der Waals surface area contributed by atoms with Gasteiger partial charge in [-0.05, 0) is 53.9 Å². The van der Waals surface area contributed by atoms with Gasteiger partial charge in [0.2, 0.25) is 41.4 Å². The Kier molecular flexibility index (Phi) is 36.2. The quantitative estimate of drug-likeness (QED) is 0.0199. The number of ketones is 2. The van der Waals surface area contributed by atoms with Gasteiger partial charge in [-0.15, -0.1) is 0 Å². The number of nitrogens with one attached hydrogen (secondary N) is 8. The summed E-state index contributed by atoms with van der Waals surface area (Å²) in [7, 11) is 0. The third-order valence-electron chi connectivity index (χ3n) is 15.3. The first-order valence-electron chi connectivity index (χ1n) is 30.8. The fourth-order valence-electron chi connectivity index (χ4n) is 9.29. The monoisotopic (exact) mass is 1340 g/mol. The Morgan fingerprint density at radius 3 is 1.70 bits per heavy atom. The molecule has 3 aliphatic rings. The molecule has 9 unspecified atom stereocenters. The van der Waals surface area contributed by atoms with Gasteiger partial charge in [0.15, 0.2) is 36.7 Å². The fourth-order valence-corrected chi connectivity index (χ4v) is 9.29. The molecule has 15 atom stereocenters. The Morgan fingerprint density at radius 2 is 1.11 bits per heavy atom. The van der Waals surface area contributed by atoms with Crippen molar-refractivity contribution >= 4 is 52.9 Å². The van der Waals surface area contributed by atoms with Crippen LogP contribution in [0.15, 0.2) is 0 Å². The lowest BCUT2D eigenvalue weighted by Gasteiger charge is -2.48. The number of carbonyl (C=O) groups is 9. The van der Waals surface area contributed by atoms with Crippen LogP contribution in [0.1, 0.15) is 86.5 Å². The summed E-state index contributed by atoms with van der Waals surface area (Å²) in [4.78, 5) is 117. The van der Waals surface area contributed by atoms with Crippen molar-refractivity contribution in [3.05, 3.63) is 0 Å². The van der Waals surface area contributed by atoms with Crippen molar-refractivity contribution < 1.29 is 133 Å². The third-order valence-corrected chi connectivity index (χ3v) is 15.3. The van der Waals surface area contributed by atoms with E-state index in [2.05, 4.69) is 42.5 Å². The van der Waals surface area contributed by atoms with Crippen LogP contribution < -0.4 is 42.5 Å². The van der Waals surface area contributed by atoms with Crippen LogP contribution in [-0.2, 0) is 71.6 Å². The molecule has 37 nitrogen and oxygen atoms in total. The summed E-state index contributed by atoms with van der Waals surface area (Å²) in [6.45, 7) is 1.98. The van der Waals surface area contributed by atoms with Crippen LogP contribution in [0, 0.1) is 0 Å². The van der Waals surface area contributed by atoms with Gasteiger partial charge in [0.05, 0.1) is 102 Å². The number of amides is 7. The maximum Gasteiger partial charge on any atom is 0.242 e. The smallest absolute Gasteiger partial charge is 0.242 e. The number of carbonyl (C=O) groups excluding carboxylic acids is 9. The van der Waals surface area contributed by atoms with E-state index in [0.717, 1.165) is 22.6 Å². The molecule has 0 aromatic rings. The lowest BCUT2D eigenvalue weighted by molar-refractivity contribution is -0.382. The van der Waals surface area contributed by atoms with E-state index in [-0.39, 0.29) is 70.8 Å². The molecule has 20 N–H and O–H groups in total. The maximum atomic E-state index is 13.4. The van der Waals surface area contributed by atoms with Gasteiger partial charge in [-0.3, -0.25) is 53.8 Å². The Morgan fingerprint density at radius 1 is 0.570 bits per heavy atom. The molecule has 0 spiro atoms. The fraction of sp³-hybridized carbons (Fsp3) is 0.839. The number of aliphatic hydroxyl groups excluding tert-OH is 11. The highest BCUT2D eigenvalue weighted by Crippen LogP contribution is 2.34. The molecule has 3 aliphatic heterocycles. The first kappa shape index (κ1) is 82.0. The molecule has 3 fully saturated rings. The van der Waals surface area contributed by atoms with Crippen molar-refractivity contribution in [2.75, 3.05) is 105 Å². The van der Waals surface area contributed by atoms with Crippen LogP contribution >= 0.6 is 0 Å². The van der Waals surface area contributed by atoms with E-state index >= 15 is 0 Å². The Hall–Kier alpha value is -5.21. The first-order chi connectivity index (χ1) is 43.8. The second-order valence-electron chi connectivity index (χ2n) is 23.7. The van der Waals surface area contributed by atoms with E-state index in [1.165, 1.54) is 34.6 Å². The van der Waals surface area contributed by atoms with Crippen molar-refractivity contribution in [3.8, 4) is 0 Å². The summed E-state index contributed by atoms with van der Waals surface area (Å²) in [5.74, 6) is -5.83. The molecule has 37 heteroatoms. The van der Waals surface area contributed by atoms with Gasteiger partial charge in [-0.2, -0.15) is 0 Å². The molecular weight excluding hydrogens is 1240 g/mol. The number of hydrogen-bond donors (Lipinski definition) is 20. The van der Waals surface area contributed by atoms with Gasteiger partial charge in [0.25, 0.3) is 0 Å². The van der Waals surface area contributed by atoms with Gasteiger partial charge in [-0.25, -0.2) is 0 Å². The predicted octanol–water partition coefficient (Wildman–Crippen LogP) is -10.8. The molecule has 0 aromatic heterocycles. The zero-order valence-electron chi connectivity index (χ0n) is 53.4. The molecule has 93 heavy (non-hydrogen) atoms. The number of aliphatic hydroxyl groups is 12. The molecule has 0 bridgehead atoms. The van der Waals surface area contributed by atoms with E-state index in [9.17, 15) is 104 Å². The average molecular weight is 1350 g/mol. The summed E-state index contributed by atoms with van der Waals surface area (Å²) in [6.07, 6.45) is -23.0. The van der Waals surface area contributed by atoms with Gasteiger partial charge in [-0.1, -0.05) is 13.3 Å². The molecule has 7 amide bonds. The van der Waals surface area contributed by atoms with Crippen LogP contribution in [-0.4, -0.2) is 339 Å². The zero-order valence-corrected chi connectivity index (χ0v) is 53.4. The number of hydrogen-bond acceptors (Lipinski definition) is 30. The molecule has 0 saturated carbocycles. The van der Waals surface area contributed by atoms with Crippen LogP contribution in [0.5, 0.6) is 0 Å². The normalized spacial score (nSPS) is 26.1. The second-order valence-corrected chi connectivity index (χ2v) is 23.7. The van der Waals surface area contributed by atoms with E-state index in [1.54, 1.807) is 0 Å². The highest BCUT2D eigenvalue weighted by atomic mass is 16.8. The molecule has 0 radical (unpaired) electrons. The van der Waals surface area contributed by atoms with E-state index in [0.29, 0.717) is 6.54 Å². The van der Waals surface area contributed by atoms with Crippen LogP contribution in [0.25, 0.3) is 0 Å². The van der Waals surface area contributed by atoms with Crippen molar-refractivity contribution in [1.29, 1.82) is 0 Å². The summed E-state index contributed by atoms with van der Waals surface area (Å²) < 4.78 is 34.8. The van der Waals surface area contributed by atoms with Crippen LogP contribution in [0.3, 0.4) is 0 Å². The number of Topliss-reactive ketones (excluding diaryl/α,β-unsaturated/α-hetero) is 2. The largest absolute Gasteiger partial charge is 0.395 e. The number of unbranched alkanes of at least 4 members (excludes halogenated alkanes) is 2. The lowest BCUT2D eigenvalue weighted by Crippen LogP contribution is -2.66. The molecule has 0 aromatic carbocycles. The first-order valence-corrected chi connectivity index (χ1v) is 30.8. The van der Waals surface area contributed by atoms with Gasteiger partial charge >= 0.3 is 0 Å². The molecular formula is C56H100N10O27. The topological polar surface area (TPSA) is 554 Å². The zero-order chi connectivity index (χ0) is 69.8. The van der Waals surface area contributed by atoms with E-state index in [4.69, 9.17) is 28.4 Å². The summed E-state index contributed by atoms with van der Waals surface area (Å²) in [6, 6.07) is 0. The maximum absolute atomic E-state index is 13.4. The molecule has 3 saturated heterocycles. The number of nitrogens with zero attached hydrogens (tertiary/aromatic N) is 2. The minimum absolute atomic E-state index is 0.0556. The summed E-state index contributed by atoms with van der Waals surface area (Å²) >= 11 is 0. The minimum atomic E-state index is -2.05. The molecule has 0 aliphatic carbocycles. The van der Waals surface area contributed by atoms with Crippen molar-refractivity contribution in [2.24, 2.45) is 0 Å². The Balaban J connectivity index is 1.40. The summed E-state index contributed by atoms with van der Waals surface area (Å²) in [5.41, 5.74) is -2.85. The van der Waals surface area contributed by atoms with Crippen LogP contribution in [0.4, 0.5) is 0 Å². The van der Waals surface area contributed by atoms with Gasteiger partial charge < -0.3 is 131 Å². The molecule has 536 valence electrons. The van der Waals surface area contributed by atoms with Gasteiger partial charge in [0.1, 0.15) is 61.2 Å². The third kappa shape index (κ3) is 28.2. The average Bonchev–Trinajstić information content (AvgIpc) is 0.795. The number of ether oxygens (including phenoxy) is 6. The summed E-state index contributed by atoms with van der Waals surface area (Å²) in [5, 5.41) is 143. The highest BCUT2D eigenvalue weighted by Gasteiger charge is 2.53. The lowest BCUT2D eigenvalue weighted by atomic mass is 9.96. The van der Waals surface area contributed by atoms with Crippen molar-refractivity contribution in [1.82, 2.24) is 52.3 Å². The van der Waals surface area contributed by atoms with Crippen molar-refractivity contribution in [3.63, 3.8) is 0 Å². The standard InChI is InChI=1S/C56H100N10O27/c1-7-8-13-57-38(75)19-60-40(77)21-63-56(5,6)35(72)26-66(27-44(81)82)43(80)24-62-41(78)22-64-55(3,4)34(71)25-65(15-16-67)42(79)23-61-39(76)20-59-37(74)12-10-9-11-36(73)58-14-17-88-54-52(92-45-18-31(70)46(83)30(2)89-45)51(48(85)33(29-69)91-54)93-53-50(87)49(86)47(84)32(28-68)90-53/h30-33,40,44-54,60,63-64,67-70,77,81-87H,7-29H2,1-6H3,(H,57,75)(H,58,73)(H,59,74)(H,61,76)(H,62,78)/t30?,31?,32?,33?,40?,45-,46+,47-,48-,49?,50?,51?,52?,53+,54+/m0/s1. The Labute approximate surface area is 537 Å². The SMILES string of the molecule is CCCCNC(=O)CNC(O)CNC(C)(C)C(=O)CN(CC(O)O)C(=O)CNC(=O)CNC(C)(C)C(=O)CN(CCO)C(=O)CNC(=O)CNC(=O)CCCCC(=O)NCCO[C@@H]1OC(CO)[C@H](O)C(O[C@H]2OC(CO)[C@H](O)C(O)C2O)C1O[C@H]1CC(O)[C@H](O)C(C)O1. The Bertz CT molecular complexity index is 2350. The van der Waals surface area contributed by atoms with Crippen LogP contribution in [0.2, 0.25) is 0 Å². The van der Waals surface area contributed by atoms with Crippen molar-refractivity contribution in [2.45, 2.75) is 196 Å². The number of rotatable bonds is 43. The molecule has 3 rings (SSSR count). The predicted molar refractivity (Wildman–Crippen MR) is 317 cm³/mol. The second kappa shape index (κ2) is 41.0. The molecule has 3 heterocycles. The number of β-amino-alcohol motifs (C(OH)–C–C–N with tert-alkyl or cyclic N) is 1. The van der Waals surface area contributed by atoms with E-state index < -0.39 is 222 Å².